The largest absolute Gasteiger partial charge is 0.478 e. The third kappa shape index (κ3) is 5.87. The number of primary sulfonamides is 1. The topological polar surface area (TPSA) is 119 Å². The minimum Gasteiger partial charge on any atom is -0.478 e. The van der Waals surface area contributed by atoms with Gasteiger partial charge in [-0.1, -0.05) is 78.9 Å². The number of ether oxygens (including phenoxy) is 1. The molecule has 0 radical (unpaired) electrons. The molecule has 0 bridgehead atoms. The van der Waals surface area contributed by atoms with Crippen molar-refractivity contribution >= 4 is 21.7 Å². The molecule has 7 nitrogen and oxygen atoms in total. The Morgan fingerprint density at radius 1 is 0.857 bits per heavy atom. The summed E-state index contributed by atoms with van der Waals surface area (Å²) in [7, 11) is -4.30. The number of hydrogen-bond acceptors (Lipinski definition) is 5. The number of nitrogens with two attached hydrogens (primary N) is 1. The third-order valence-electron chi connectivity index (χ3n) is 5.47. The summed E-state index contributed by atoms with van der Waals surface area (Å²) in [5.74, 6) is -1.07. The van der Waals surface area contributed by atoms with Crippen molar-refractivity contribution in [3.8, 4) is 11.5 Å². The lowest BCUT2D eigenvalue weighted by Gasteiger charge is -2.22. The fraction of sp³-hybridized carbons (Fsp3) is 0.0741. The molecule has 0 atom stereocenters. The van der Waals surface area contributed by atoms with E-state index < -0.39 is 20.9 Å². The molecule has 4 rings (SSSR count). The molecule has 0 aliphatic heterocycles. The zero-order valence-corrected chi connectivity index (χ0v) is 19.5. The summed E-state index contributed by atoms with van der Waals surface area (Å²) in [5.41, 5.74) is 2.05. The van der Waals surface area contributed by atoms with Crippen LogP contribution in [0.2, 0.25) is 0 Å². The smallest absolute Gasteiger partial charge is 0.335 e. The Morgan fingerprint density at radius 2 is 1.37 bits per heavy atom. The number of carboxylic acids is 1. The van der Waals surface area contributed by atoms with Gasteiger partial charge in [0, 0.05) is 12.5 Å². The fourth-order valence-corrected chi connectivity index (χ4v) is 4.49. The first-order chi connectivity index (χ1) is 16.8. The highest BCUT2D eigenvalue weighted by molar-refractivity contribution is 7.89. The van der Waals surface area contributed by atoms with Crippen molar-refractivity contribution in [3.63, 3.8) is 0 Å². The van der Waals surface area contributed by atoms with E-state index in [1.807, 2.05) is 60.7 Å². The molecular formula is C27H24N2O5S. The van der Waals surface area contributed by atoms with E-state index in [1.54, 1.807) is 30.3 Å². The fourth-order valence-electron chi connectivity index (χ4n) is 3.79. The van der Waals surface area contributed by atoms with Gasteiger partial charge in [-0.05, 0) is 35.4 Å². The molecule has 4 aromatic rings. The minimum atomic E-state index is -4.30. The molecule has 0 aromatic heterocycles. The number of rotatable bonds is 9. The summed E-state index contributed by atoms with van der Waals surface area (Å²) in [4.78, 5) is 11.4. The van der Waals surface area contributed by atoms with Crippen LogP contribution in [0.3, 0.4) is 0 Å². The summed E-state index contributed by atoms with van der Waals surface area (Å²) in [6.07, 6.45) is 0. The summed E-state index contributed by atoms with van der Waals surface area (Å²) < 4.78 is 30.8. The van der Waals surface area contributed by atoms with Crippen molar-refractivity contribution in [3.05, 3.63) is 120 Å². The van der Waals surface area contributed by atoms with E-state index >= 15 is 0 Å². The molecule has 4 aromatic carbocycles. The molecule has 0 heterocycles. The number of para-hydroxylation sites is 1. The van der Waals surface area contributed by atoms with Crippen molar-refractivity contribution in [1.29, 1.82) is 0 Å². The SMILES string of the molecule is NS(=O)(=O)c1cc(C(=O)O)cc(NCC(c2ccccc2)c2ccccc2)c1Oc1ccccc1. The van der Waals surface area contributed by atoms with Gasteiger partial charge in [-0.2, -0.15) is 0 Å². The Labute approximate surface area is 203 Å². The summed E-state index contributed by atoms with van der Waals surface area (Å²) in [5, 5.41) is 18.3. The second-order valence-electron chi connectivity index (χ2n) is 7.87. The monoisotopic (exact) mass is 488 g/mol. The number of nitrogens with one attached hydrogen (secondary N) is 1. The first-order valence-corrected chi connectivity index (χ1v) is 12.4. The van der Waals surface area contributed by atoms with E-state index in [0.717, 1.165) is 17.2 Å². The predicted octanol–water partition coefficient (Wildman–Crippen LogP) is 5.07. The molecule has 0 aliphatic rings. The van der Waals surface area contributed by atoms with Crippen molar-refractivity contribution in [1.82, 2.24) is 0 Å². The Morgan fingerprint density at radius 3 is 1.86 bits per heavy atom. The highest BCUT2D eigenvalue weighted by Crippen LogP contribution is 2.38. The third-order valence-corrected chi connectivity index (χ3v) is 6.39. The number of benzene rings is 4. The summed E-state index contributed by atoms with van der Waals surface area (Å²) in [6.45, 7) is 0.340. The number of aromatic carboxylic acids is 1. The Bertz CT molecular complexity index is 1370. The van der Waals surface area contributed by atoms with Crippen LogP contribution < -0.4 is 15.2 Å². The molecule has 0 saturated heterocycles. The normalized spacial score (nSPS) is 11.3. The molecule has 0 saturated carbocycles. The molecule has 0 fully saturated rings. The van der Waals surface area contributed by atoms with E-state index in [0.29, 0.717) is 12.3 Å². The molecule has 0 aliphatic carbocycles. The highest BCUT2D eigenvalue weighted by atomic mass is 32.2. The van der Waals surface area contributed by atoms with Crippen LogP contribution in [-0.4, -0.2) is 26.0 Å². The first-order valence-electron chi connectivity index (χ1n) is 10.8. The van der Waals surface area contributed by atoms with Crippen molar-refractivity contribution in [2.24, 2.45) is 5.14 Å². The van der Waals surface area contributed by atoms with E-state index in [4.69, 9.17) is 9.88 Å². The molecule has 0 spiro atoms. The Hall–Kier alpha value is -4.14. The number of hydrogen-bond donors (Lipinski definition) is 3. The van der Waals surface area contributed by atoms with Crippen LogP contribution in [0.4, 0.5) is 5.69 Å². The maximum absolute atomic E-state index is 12.4. The van der Waals surface area contributed by atoms with Crippen LogP contribution >= 0.6 is 0 Å². The van der Waals surface area contributed by atoms with E-state index in [2.05, 4.69) is 5.32 Å². The second-order valence-corrected chi connectivity index (χ2v) is 9.40. The molecule has 0 amide bonds. The Kier molecular flexibility index (Phi) is 7.14. The minimum absolute atomic E-state index is 0.0661. The van der Waals surface area contributed by atoms with Crippen LogP contribution in [0.5, 0.6) is 11.5 Å². The standard InChI is InChI=1S/C27H24N2O5S/c28-35(32,33)25-17-21(27(30)31)16-24(26(25)34-22-14-8-3-9-15-22)29-18-23(19-10-4-1-5-11-19)20-12-6-2-7-13-20/h1-17,23,29H,18H2,(H,30,31)(H2,28,32,33). The molecule has 35 heavy (non-hydrogen) atoms. The quantitative estimate of drug-likeness (QED) is 0.303. The molecule has 178 valence electrons. The van der Waals surface area contributed by atoms with Gasteiger partial charge in [0.05, 0.1) is 11.3 Å². The molecule has 0 unspecified atom stereocenters. The molecule has 4 N–H and O–H groups in total. The summed E-state index contributed by atoms with van der Waals surface area (Å²) >= 11 is 0. The van der Waals surface area contributed by atoms with E-state index in [9.17, 15) is 18.3 Å². The van der Waals surface area contributed by atoms with Crippen LogP contribution in [0, 0.1) is 0 Å². The van der Waals surface area contributed by atoms with Gasteiger partial charge in [0.25, 0.3) is 0 Å². The van der Waals surface area contributed by atoms with Gasteiger partial charge in [-0.25, -0.2) is 18.4 Å². The van der Waals surface area contributed by atoms with Crippen LogP contribution in [-0.2, 0) is 10.0 Å². The van der Waals surface area contributed by atoms with Crippen LogP contribution in [0.25, 0.3) is 0 Å². The average molecular weight is 489 g/mol. The van der Waals surface area contributed by atoms with Gasteiger partial charge in [-0.3, -0.25) is 0 Å². The number of carbonyl (C=O) groups is 1. The number of sulfonamides is 1. The average Bonchev–Trinajstić information content (AvgIpc) is 2.86. The van der Waals surface area contributed by atoms with E-state index in [-0.39, 0.29) is 22.9 Å². The lowest BCUT2D eigenvalue weighted by atomic mass is 9.91. The maximum Gasteiger partial charge on any atom is 0.335 e. The lowest BCUT2D eigenvalue weighted by molar-refractivity contribution is 0.0696. The predicted molar refractivity (Wildman–Crippen MR) is 135 cm³/mol. The number of anilines is 1. The number of carboxylic acid groups (broad SMARTS) is 1. The van der Waals surface area contributed by atoms with Crippen molar-refractivity contribution in [2.45, 2.75) is 10.8 Å². The van der Waals surface area contributed by atoms with Gasteiger partial charge in [0.15, 0.2) is 5.75 Å². The van der Waals surface area contributed by atoms with Gasteiger partial charge in [-0.15, -0.1) is 0 Å². The van der Waals surface area contributed by atoms with Crippen molar-refractivity contribution in [2.75, 3.05) is 11.9 Å². The maximum atomic E-state index is 12.4. The van der Waals surface area contributed by atoms with Crippen molar-refractivity contribution < 1.29 is 23.1 Å². The first kappa shape index (κ1) is 24.0. The van der Waals surface area contributed by atoms with Gasteiger partial charge in [0.2, 0.25) is 10.0 Å². The Balaban J connectivity index is 1.79. The second kappa shape index (κ2) is 10.4. The molecule has 8 heteroatoms. The highest BCUT2D eigenvalue weighted by Gasteiger charge is 2.24. The summed E-state index contributed by atoms with van der Waals surface area (Å²) in [6, 6.07) is 30.6. The van der Waals surface area contributed by atoms with Crippen LogP contribution in [0.15, 0.2) is 108 Å². The van der Waals surface area contributed by atoms with Crippen LogP contribution in [0.1, 0.15) is 27.4 Å². The van der Waals surface area contributed by atoms with Gasteiger partial charge < -0.3 is 15.2 Å². The van der Waals surface area contributed by atoms with Gasteiger partial charge >= 0.3 is 5.97 Å². The van der Waals surface area contributed by atoms with E-state index in [1.165, 1.54) is 6.07 Å². The zero-order chi connectivity index (χ0) is 24.8. The lowest BCUT2D eigenvalue weighted by Crippen LogP contribution is -2.18. The zero-order valence-electron chi connectivity index (χ0n) is 18.7. The van der Waals surface area contributed by atoms with Gasteiger partial charge in [0.1, 0.15) is 10.6 Å². The molecular weight excluding hydrogens is 464 g/mol.